The molecule has 0 saturated carbocycles. The molecule has 1 aromatic carbocycles. The minimum Gasteiger partial charge on any atom is -0.748 e. The molecule has 0 aliphatic rings. The van der Waals surface area contributed by atoms with Crippen LogP contribution in [0.3, 0.4) is 0 Å². The summed E-state index contributed by atoms with van der Waals surface area (Å²) in [5, 5.41) is 0. The largest absolute Gasteiger partial charge is 1.00 e. The first-order valence-electron chi connectivity index (χ1n) is 13.1. The van der Waals surface area contributed by atoms with Gasteiger partial charge in [0.05, 0.1) is 16.7 Å². The van der Waals surface area contributed by atoms with E-state index in [9.17, 15) is 13.0 Å². The standard InChI is InChI=1S/C27H48O4S.Na/c1-3-5-7-9-11-13-15-19-25-21-17-22-26(20-16-14-12-10-8-6-4-2)27(25)31-23-18-24-32(28,29)30;/h17,21-22H,3-16,18-20,23-24H2,1-2H3,(H,28,29,30);/q;+1/p-1. The molecular weight excluding hydrogens is 443 g/mol. The first-order chi connectivity index (χ1) is 15.5. The number of rotatable bonds is 21. The average Bonchev–Trinajstić information content (AvgIpc) is 2.75. The van der Waals surface area contributed by atoms with Crippen molar-refractivity contribution in [3.05, 3.63) is 29.3 Å². The molecule has 0 aliphatic heterocycles. The third kappa shape index (κ3) is 17.9. The Morgan fingerprint density at radius 1 is 0.697 bits per heavy atom. The number of hydrogen-bond donors (Lipinski definition) is 0. The molecule has 1 rings (SSSR count). The van der Waals surface area contributed by atoms with E-state index in [1.54, 1.807) is 0 Å². The van der Waals surface area contributed by atoms with Crippen molar-refractivity contribution in [1.29, 1.82) is 0 Å². The minimum absolute atomic E-state index is 0. The fourth-order valence-corrected chi connectivity index (χ4v) is 4.64. The second-order valence-corrected chi connectivity index (χ2v) is 10.6. The number of aryl methyl sites for hydroxylation is 2. The molecule has 0 saturated heterocycles. The fraction of sp³-hybridized carbons (Fsp3) is 0.778. The van der Waals surface area contributed by atoms with Gasteiger partial charge in [0.25, 0.3) is 0 Å². The maximum atomic E-state index is 10.9. The molecule has 0 spiro atoms. The number of hydrogen-bond acceptors (Lipinski definition) is 4. The van der Waals surface area contributed by atoms with Crippen LogP contribution in [0.15, 0.2) is 18.2 Å². The van der Waals surface area contributed by atoms with E-state index in [-0.39, 0.29) is 48.3 Å². The van der Waals surface area contributed by atoms with E-state index in [0.717, 1.165) is 31.4 Å². The Kier molecular flexibility index (Phi) is 21.2. The molecule has 0 atom stereocenters. The fourth-order valence-electron chi connectivity index (χ4n) is 4.17. The monoisotopic (exact) mass is 490 g/mol. The molecular formula is C27H47NaO4S. The smallest absolute Gasteiger partial charge is 0.748 e. The van der Waals surface area contributed by atoms with Gasteiger partial charge in [0.1, 0.15) is 5.75 Å². The number of para-hydroxylation sites is 1. The van der Waals surface area contributed by atoms with E-state index in [1.165, 1.54) is 88.2 Å². The summed E-state index contributed by atoms with van der Waals surface area (Å²) in [5.74, 6) is 0.577. The zero-order valence-electron chi connectivity index (χ0n) is 21.7. The molecule has 0 amide bonds. The summed E-state index contributed by atoms with van der Waals surface area (Å²) < 4.78 is 38.8. The average molecular weight is 491 g/mol. The Balaban J connectivity index is 0.0000102. The van der Waals surface area contributed by atoms with Crippen LogP contribution in [0.1, 0.15) is 121 Å². The van der Waals surface area contributed by atoms with Crippen LogP contribution in [-0.4, -0.2) is 25.3 Å². The molecule has 0 fully saturated rings. The van der Waals surface area contributed by atoms with Gasteiger partial charge in [0, 0.05) is 5.75 Å². The Bertz CT molecular complexity index is 655. The van der Waals surface area contributed by atoms with Gasteiger partial charge in [-0.25, -0.2) is 8.42 Å². The van der Waals surface area contributed by atoms with E-state index >= 15 is 0 Å². The van der Waals surface area contributed by atoms with Crippen molar-refractivity contribution in [3.63, 3.8) is 0 Å². The number of ether oxygens (including phenoxy) is 1. The predicted octanol–water partition coefficient (Wildman–Crippen LogP) is 4.59. The number of benzene rings is 1. The van der Waals surface area contributed by atoms with Crippen molar-refractivity contribution < 1.29 is 47.3 Å². The van der Waals surface area contributed by atoms with Crippen molar-refractivity contribution in [1.82, 2.24) is 0 Å². The third-order valence-electron chi connectivity index (χ3n) is 6.06. The van der Waals surface area contributed by atoms with Gasteiger partial charge in [0.2, 0.25) is 0 Å². The van der Waals surface area contributed by atoms with Gasteiger partial charge in [0.15, 0.2) is 0 Å². The Morgan fingerprint density at radius 3 is 1.55 bits per heavy atom. The molecule has 0 unspecified atom stereocenters. The van der Waals surface area contributed by atoms with E-state index < -0.39 is 10.1 Å². The van der Waals surface area contributed by atoms with Crippen molar-refractivity contribution in [2.75, 3.05) is 12.4 Å². The normalized spacial score (nSPS) is 11.4. The van der Waals surface area contributed by atoms with Crippen LogP contribution >= 0.6 is 0 Å². The van der Waals surface area contributed by atoms with Crippen molar-refractivity contribution in [2.24, 2.45) is 0 Å². The van der Waals surface area contributed by atoms with Crippen LogP contribution in [0.2, 0.25) is 0 Å². The van der Waals surface area contributed by atoms with E-state index in [4.69, 9.17) is 4.74 Å². The van der Waals surface area contributed by atoms with E-state index in [2.05, 4.69) is 32.0 Å². The van der Waals surface area contributed by atoms with Crippen LogP contribution in [0.4, 0.5) is 0 Å². The molecule has 0 bridgehead atoms. The van der Waals surface area contributed by atoms with Crippen LogP contribution in [0.5, 0.6) is 5.75 Å². The van der Waals surface area contributed by atoms with Crippen LogP contribution in [0, 0.1) is 0 Å². The van der Waals surface area contributed by atoms with E-state index in [0.29, 0.717) is 0 Å². The van der Waals surface area contributed by atoms with Crippen LogP contribution in [-0.2, 0) is 23.0 Å². The minimum atomic E-state index is -4.18. The third-order valence-corrected chi connectivity index (χ3v) is 6.85. The van der Waals surface area contributed by atoms with Gasteiger partial charge in [-0.2, -0.15) is 0 Å². The summed E-state index contributed by atoms with van der Waals surface area (Å²) in [6.07, 6.45) is 20.1. The molecule has 0 aromatic heterocycles. The van der Waals surface area contributed by atoms with Gasteiger partial charge < -0.3 is 9.29 Å². The first kappa shape index (κ1) is 32.9. The first-order valence-corrected chi connectivity index (χ1v) is 14.7. The Morgan fingerprint density at radius 2 is 1.12 bits per heavy atom. The molecule has 4 nitrogen and oxygen atoms in total. The maximum absolute atomic E-state index is 10.9. The van der Waals surface area contributed by atoms with Gasteiger partial charge in [-0.3, -0.25) is 0 Å². The molecule has 186 valence electrons. The second kappa shape index (κ2) is 21.2. The van der Waals surface area contributed by atoms with Crippen molar-refractivity contribution in [3.8, 4) is 5.75 Å². The SMILES string of the molecule is CCCCCCCCCc1cccc(CCCCCCCCC)c1OCCCS(=O)(=O)[O-].[Na+]. The second-order valence-electron chi connectivity index (χ2n) is 9.11. The number of unbranched alkanes of at least 4 members (excludes halogenated alkanes) is 12. The van der Waals surface area contributed by atoms with Gasteiger partial charge in [-0.05, 0) is 43.2 Å². The summed E-state index contributed by atoms with van der Waals surface area (Å²) in [6, 6.07) is 6.41. The van der Waals surface area contributed by atoms with Gasteiger partial charge in [-0.1, -0.05) is 109 Å². The van der Waals surface area contributed by atoms with Crippen LogP contribution in [0.25, 0.3) is 0 Å². The zero-order chi connectivity index (χ0) is 23.5. The molecule has 0 N–H and O–H groups in total. The summed E-state index contributed by atoms with van der Waals surface area (Å²) in [6.45, 7) is 4.76. The predicted molar refractivity (Wildman–Crippen MR) is 135 cm³/mol. The van der Waals surface area contributed by atoms with Gasteiger partial charge >= 0.3 is 29.6 Å². The van der Waals surface area contributed by atoms with Crippen LogP contribution < -0.4 is 34.3 Å². The molecule has 0 heterocycles. The van der Waals surface area contributed by atoms with E-state index in [1.807, 2.05) is 0 Å². The zero-order valence-corrected chi connectivity index (χ0v) is 24.5. The summed E-state index contributed by atoms with van der Waals surface area (Å²) in [5.41, 5.74) is 2.45. The quantitative estimate of drug-likeness (QED) is 0.144. The van der Waals surface area contributed by atoms with Crippen molar-refractivity contribution >= 4 is 10.1 Å². The molecule has 6 heteroatoms. The summed E-state index contributed by atoms with van der Waals surface area (Å²) >= 11 is 0. The Hall–Kier alpha value is -0.0700. The molecule has 0 radical (unpaired) electrons. The molecule has 33 heavy (non-hydrogen) atoms. The summed E-state index contributed by atoms with van der Waals surface area (Å²) in [4.78, 5) is 0. The van der Waals surface area contributed by atoms with Gasteiger partial charge in [-0.15, -0.1) is 0 Å². The maximum Gasteiger partial charge on any atom is 1.00 e. The van der Waals surface area contributed by atoms with Crippen molar-refractivity contribution in [2.45, 2.75) is 123 Å². The Labute approximate surface area is 226 Å². The molecule has 1 aromatic rings. The summed E-state index contributed by atoms with van der Waals surface area (Å²) in [7, 11) is -4.18. The molecule has 0 aliphatic carbocycles. The topological polar surface area (TPSA) is 66.4 Å².